The minimum absolute atomic E-state index is 0.207. The van der Waals surface area contributed by atoms with Gasteiger partial charge >= 0.3 is 0 Å². The zero-order valence-electron chi connectivity index (χ0n) is 7.40. The molecule has 0 radical (unpaired) electrons. The van der Waals surface area contributed by atoms with Gasteiger partial charge in [-0.05, 0) is 18.6 Å². The highest BCUT2D eigenvalue weighted by Crippen LogP contribution is 2.14. The van der Waals surface area contributed by atoms with E-state index in [2.05, 4.69) is 0 Å². The molecule has 0 spiro atoms. The number of aliphatic hydroxyl groups is 1. The summed E-state index contributed by atoms with van der Waals surface area (Å²) in [6, 6.07) is 0. The summed E-state index contributed by atoms with van der Waals surface area (Å²) in [5, 5.41) is 9.37. The maximum absolute atomic E-state index is 9.37. The van der Waals surface area contributed by atoms with Crippen molar-refractivity contribution in [3.63, 3.8) is 0 Å². The van der Waals surface area contributed by atoms with Gasteiger partial charge in [0.2, 0.25) is 0 Å². The number of rotatable bonds is 2. The first-order chi connectivity index (χ1) is 5.77. The minimum Gasteiger partial charge on any atom is -0.386 e. The van der Waals surface area contributed by atoms with E-state index >= 15 is 0 Å². The summed E-state index contributed by atoms with van der Waals surface area (Å²) in [6.45, 7) is 1.96. The van der Waals surface area contributed by atoms with Crippen LogP contribution >= 0.6 is 0 Å². The predicted molar refractivity (Wildman–Crippen MR) is 48.8 cm³/mol. The van der Waals surface area contributed by atoms with Crippen LogP contribution < -0.4 is 0 Å². The average molecular weight is 166 g/mol. The van der Waals surface area contributed by atoms with Crippen LogP contribution in [0.15, 0.2) is 36.0 Å². The molecule has 1 aliphatic rings. The second kappa shape index (κ2) is 4.24. The Bertz CT molecular complexity index is 226. The number of methoxy groups -OCH3 is 1. The zero-order chi connectivity index (χ0) is 8.97. The first kappa shape index (κ1) is 9.23. The van der Waals surface area contributed by atoms with Crippen LogP contribution in [0.5, 0.6) is 0 Å². The first-order valence-electron chi connectivity index (χ1n) is 4.01. The van der Waals surface area contributed by atoms with Crippen molar-refractivity contribution >= 4 is 0 Å². The van der Waals surface area contributed by atoms with Crippen molar-refractivity contribution in [3.05, 3.63) is 36.0 Å². The molecule has 2 atom stereocenters. The van der Waals surface area contributed by atoms with Crippen LogP contribution in [0.4, 0.5) is 0 Å². The molecule has 0 saturated carbocycles. The Kier molecular flexibility index (Phi) is 3.26. The SMILES string of the molecule is C/C=C/C1=CC(OC)C(O)C=C1. The fraction of sp³-hybridized carbons (Fsp3) is 0.400. The maximum Gasteiger partial charge on any atom is 0.106 e. The summed E-state index contributed by atoms with van der Waals surface area (Å²) < 4.78 is 5.07. The Morgan fingerprint density at radius 2 is 2.33 bits per heavy atom. The highest BCUT2D eigenvalue weighted by atomic mass is 16.5. The van der Waals surface area contributed by atoms with Crippen LogP contribution in [-0.2, 0) is 4.74 Å². The van der Waals surface area contributed by atoms with E-state index in [-0.39, 0.29) is 6.10 Å². The lowest BCUT2D eigenvalue weighted by atomic mass is 10.0. The van der Waals surface area contributed by atoms with Crippen molar-refractivity contribution in [2.75, 3.05) is 7.11 Å². The molecule has 66 valence electrons. The molecule has 0 aromatic heterocycles. The van der Waals surface area contributed by atoms with Gasteiger partial charge in [-0.25, -0.2) is 0 Å². The van der Waals surface area contributed by atoms with E-state index in [0.717, 1.165) is 5.57 Å². The molecular formula is C10H14O2. The van der Waals surface area contributed by atoms with Crippen LogP contribution in [0.3, 0.4) is 0 Å². The van der Waals surface area contributed by atoms with Crippen molar-refractivity contribution in [1.29, 1.82) is 0 Å². The van der Waals surface area contributed by atoms with Gasteiger partial charge in [-0.15, -0.1) is 0 Å². The van der Waals surface area contributed by atoms with Gasteiger partial charge in [0.25, 0.3) is 0 Å². The van der Waals surface area contributed by atoms with Crippen LogP contribution in [0, 0.1) is 0 Å². The highest BCUT2D eigenvalue weighted by molar-refractivity contribution is 5.35. The Morgan fingerprint density at radius 3 is 2.92 bits per heavy atom. The van der Waals surface area contributed by atoms with Crippen LogP contribution in [0.2, 0.25) is 0 Å². The van der Waals surface area contributed by atoms with Crippen molar-refractivity contribution in [1.82, 2.24) is 0 Å². The summed E-state index contributed by atoms with van der Waals surface area (Å²) in [6.07, 6.45) is 8.76. The molecule has 1 N–H and O–H groups in total. The fourth-order valence-corrected chi connectivity index (χ4v) is 1.17. The lowest BCUT2D eigenvalue weighted by Gasteiger charge is -2.19. The molecule has 0 aromatic carbocycles. The molecule has 12 heavy (non-hydrogen) atoms. The molecule has 2 nitrogen and oxygen atoms in total. The topological polar surface area (TPSA) is 29.5 Å². The molecule has 0 bridgehead atoms. The van der Waals surface area contributed by atoms with Gasteiger partial charge < -0.3 is 9.84 Å². The van der Waals surface area contributed by atoms with E-state index in [1.54, 1.807) is 13.2 Å². The van der Waals surface area contributed by atoms with E-state index in [4.69, 9.17) is 4.74 Å². The molecule has 2 heteroatoms. The van der Waals surface area contributed by atoms with Crippen molar-refractivity contribution in [2.45, 2.75) is 19.1 Å². The highest BCUT2D eigenvalue weighted by Gasteiger charge is 2.16. The Hall–Kier alpha value is -0.860. The molecular weight excluding hydrogens is 152 g/mol. The lowest BCUT2D eigenvalue weighted by molar-refractivity contribution is 0.0412. The smallest absolute Gasteiger partial charge is 0.106 e. The Morgan fingerprint density at radius 1 is 1.58 bits per heavy atom. The van der Waals surface area contributed by atoms with Crippen molar-refractivity contribution in [2.24, 2.45) is 0 Å². The largest absolute Gasteiger partial charge is 0.386 e. The molecule has 0 aliphatic heterocycles. The second-order valence-electron chi connectivity index (χ2n) is 2.72. The molecule has 0 aromatic rings. The standard InChI is InChI=1S/C10H14O2/c1-3-4-8-5-6-9(11)10(7-8)12-2/h3-7,9-11H,1-2H3/b4-3+. The van der Waals surface area contributed by atoms with Gasteiger partial charge in [-0.1, -0.05) is 24.3 Å². The van der Waals surface area contributed by atoms with Gasteiger partial charge in [0.1, 0.15) is 12.2 Å². The van der Waals surface area contributed by atoms with E-state index < -0.39 is 6.10 Å². The third kappa shape index (κ3) is 2.06. The van der Waals surface area contributed by atoms with Gasteiger partial charge in [0, 0.05) is 7.11 Å². The minimum atomic E-state index is -0.510. The molecule has 0 heterocycles. The fourth-order valence-electron chi connectivity index (χ4n) is 1.17. The van der Waals surface area contributed by atoms with Crippen LogP contribution in [0.25, 0.3) is 0 Å². The van der Waals surface area contributed by atoms with Crippen LogP contribution in [-0.4, -0.2) is 24.4 Å². The van der Waals surface area contributed by atoms with E-state index in [9.17, 15) is 5.11 Å². The quantitative estimate of drug-likeness (QED) is 0.672. The zero-order valence-corrected chi connectivity index (χ0v) is 7.40. The van der Waals surface area contributed by atoms with Crippen molar-refractivity contribution in [3.8, 4) is 0 Å². The number of hydrogen-bond acceptors (Lipinski definition) is 2. The number of hydrogen-bond donors (Lipinski definition) is 1. The summed E-state index contributed by atoms with van der Waals surface area (Å²) >= 11 is 0. The number of allylic oxidation sites excluding steroid dienone is 4. The third-order valence-corrected chi connectivity index (χ3v) is 1.81. The van der Waals surface area contributed by atoms with Gasteiger partial charge in [-0.2, -0.15) is 0 Å². The van der Waals surface area contributed by atoms with Gasteiger partial charge in [0.15, 0.2) is 0 Å². The number of aliphatic hydroxyl groups excluding tert-OH is 1. The monoisotopic (exact) mass is 166 g/mol. The van der Waals surface area contributed by atoms with E-state index in [1.165, 1.54) is 0 Å². The van der Waals surface area contributed by atoms with Crippen LogP contribution in [0.1, 0.15) is 6.92 Å². The molecule has 0 fully saturated rings. The summed E-state index contributed by atoms with van der Waals surface area (Å²) in [7, 11) is 1.59. The predicted octanol–water partition coefficient (Wildman–Crippen LogP) is 1.43. The Labute approximate surface area is 72.9 Å². The molecule has 0 saturated heterocycles. The Balaban J connectivity index is 2.73. The third-order valence-electron chi connectivity index (χ3n) is 1.81. The molecule has 1 rings (SSSR count). The second-order valence-corrected chi connectivity index (χ2v) is 2.72. The maximum atomic E-state index is 9.37. The first-order valence-corrected chi connectivity index (χ1v) is 4.01. The lowest BCUT2D eigenvalue weighted by Crippen LogP contribution is -2.26. The summed E-state index contributed by atoms with van der Waals surface area (Å²) in [4.78, 5) is 0. The number of ether oxygens (including phenoxy) is 1. The summed E-state index contributed by atoms with van der Waals surface area (Å²) in [5.41, 5.74) is 1.08. The van der Waals surface area contributed by atoms with Crippen molar-refractivity contribution < 1.29 is 9.84 Å². The molecule has 1 aliphatic carbocycles. The molecule has 0 amide bonds. The van der Waals surface area contributed by atoms with E-state index in [1.807, 2.05) is 31.2 Å². The van der Waals surface area contributed by atoms with Gasteiger partial charge in [-0.3, -0.25) is 0 Å². The van der Waals surface area contributed by atoms with E-state index in [0.29, 0.717) is 0 Å². The molecule has 2 unspecified atom stereocenters. The summed E-state index contributed by atoms with van der Waals surface area (Å²) in [5.74, 6) is 0. The normalized spacial score (nSPS) is 29.4. The van der Waals surface area contributed by atoms with Gasteiger partial charge in [0.05, 0.1) is 0 Å². The average Bonchev–Trinajstić information content (AvgIpc) is 2.09.